The number of hydrogen-bond acceptors (Lipinski definition) is 4. The molecular weight excluding hydrogens is 376 g/mol. The molecule has 0 radical (unpaired) electrons. The third-order valence-corrected chi connectivity index (χ3v) is 4.85. The number of methoxy groups -OCH3 is 2. The zero-order valence-electron chi connectivity index (χ0n) is 15.3. The number of fused-ring (bicyclic) bond motifs is 1. The number of nitrogens with zero attached hydrogens (tertiary/aromatic N) is 2. The number of halogens is 1. The SMILES string of the molecule is COc1ccc(-n2c(=O)c(-c3ccccc3Cl)nc3ccc(OC)cc32)cc1. The molecule has 0 aliphatic carbocycles. The molecule has 140 valence electrons. The molecule has 0 amide bonds. The van der Waals surface area contributed by atoms with Crippen LogP contribution in [-0.2, 0) is 0 Å². The maximum absolute atomic E-state index is 13.5. The molecule has 4 rings (SSSR count). The molecule has 0 spiro atoms. The van der Waals surface area contributed by atoms with E-state index in [1.807, 2.05) is 48.5 Å². The van der Waals surface area contributed by atoms with Crippen LogP contribution in [0.15, 0.2) is 71.5 Å². The molecule has 0 aliphatic heterocycles. The van der Waals surface area contributed by atoms with E-state index < -0.39 is 0 Å². The monoisotopic (exact) mass is 392 g/mol. The van der Waals surface area contributed by atoms with Crippen molar-refractivity contribution < 1.29 is 9.47 Å². The number of rotatable bonds is 4. The van der Waals surface area contributed by atoms with Crippen LogP contribution in [0.3, 0.4) is 0 Å². The lowest BCUT2D eigenvalue weighted by Crippen LogP contribution is -2.22. The van der Waals surface area contributed by atoms with Gasteiger partial charge in [0.1, 0.15) is 17.2 Å². The average Bonchev–Trinajstić information content (AvgIpc) is 2.73. The van der Waals surface area contributed by atoms with E-state index in [2.05, 4.69) is 4.98 Å². The van der Waals surface area contributed by atoms with Gasteiger partial charge in [-0.25, -0.2) is 4.98 Å². The molecule has 1 heterocycles. The van der Waals surface area contributed by atoms with E-state index in [1.165, 1.54) is 0 Å². The minimum atomic E-state index is -0.265. The van der Waals surface area contributed by atoms with Gasteiger partial charge in [0.15, 0.2) is 0 Å². The summed E-state index contributed by atoms with van der Waals surface area (Å²) in [5.41, 5.74) is 2.61. The minimum Gasteiger partial charge on any atom is -0.497 e. The molecule has 0 unspecified atom stereocenters. The molecule has 4 aromatic rings. The summed E-state index contributed by atoms with van der Waals surface area (Å²) < 4.78 is 12.2. The van der Waals surface area contributed by atoms with Crippen molar-refractivity contribution in [2.24, 2.45) is 0 Å². The Labute approximate surface area is 166 Å². The van der Waals surface area contributed by atoms with Gasteiger partial charge in [0.05, 0.1) is 30.3 Å². The van der Waals surface area contributed by atoms with E-state index >= 15 is 0 Å². The highest BCUT2D eigenvalue weighted by molar-refractivity contribution is 6.33. The Kier molecular flexibility index (Phi) is 4.75. The lowest BCUT2D eigenvalue weighted by molar-refractivity contribution is 0.414. The molecule has 3 aromatic carbocycles. The lowest BCUT2D eigenvalue weighted by atomic mass is 10.1. The van der Waals surface area contributed by atoms with Gasteiger partial charge in [-0.3, -0.25) is 9.36 Å². The molecule has 28 heavy (non-hydrogen) atoms. The topological polar surface area (TPSA) is 53.4 Å². The van der Waals surface area contributed by atoms with Gasteiger partial charge < -0.3 is 9.47 Å². The first-order valence-electron chi connectivity index (χ1n) is 8.62. The van der Waals surface area contributed by atoms with Crippen molar-refractivity contribution in [3.8, 4) is 28.4 Å². The molecule has 0 fully saturated rings. The average molecular weight is 393 g/mol. The summed E-state index contributed by atoms with van der Waals surface area (Å²) in [6, 6.07) is 19.9. The van der Waals surface area contributed by atoms with Gasteiger partial charge in [0.2, 0.25) is 0 Å². The first-order valence-corrected chi connectivity index (χ1v) is 9.00. The molecule has 1 aromatic heterocycles. The van der Waals surface area contributed by atoms with E-state index in [0.29, 0.717) is 44.5 Å². The smallest absolute Gasteiger partial charge is 0.282 e. The number of benzene rings is 3. The summed E-state index contributed by atoms with van der Waals surface area (Å²) in [4.78, 5) is 18.1. The van der Waals surface area contributed by atoms with Crippen molar-refractivity contribution in [3.63, 3.8) is 0 Å². The zero-order chi connectivity index (χ0) is 19.7. The predicted molar refractivity (Wildman–Crippen MR) is 111 cm³/mol. The fourth-order valence-corrected chi connectivity index (χ4v) is 3.33. The van der Waals surface area contributed by atoms with Crippen molar-refractivity contribution in [3.05, 3.63) is 82.1 Å². The van der Waals surface area contributed by atoms with Crippen LogP contribution in [-0.4, -0.2) is 23.8 Å². The van der Waals surface area contributed by atoms with Gasteiger partial charge in [0.25, 0.3) is 5.56 Å². The van der Waals surface area contributed by atoms with Crippen LogP contribution in [0.1, 0.15) is 0 Å². The third-order valence-electron chi connectivity index (χ3n) is 4.52. The molecule has 0 N–H and O–H groups in total. The van der Waals surface area contributed by atoms with Crippen LogP contribution in [0.4, 0.5) is 0 Å². The molecule has 5 nitrogen and oxygen atoms in total. The summed E-state index contributed by atoms with van der Waals surface area (Å²) in [5.74, 6) is 1.35. The molecule has 0 atom stereocenters. The Hall–Kier alpha value is -3.31. The highest BCUT2D eigenvalue weighted by atomic mass is 35.5. The molecule has 0 aliphatic rings. The summed E-state index contributed by atoms with van der Waals surface area (Å²) in [5, 5.41) is 0.473. The fraction of sp³-hybridized carbons (Fsp3) is 0.0909. The zero-order valence-corrected chi connectivity index (χ0v) is 16.1. The molecule has 6 heteroatoms. The Morgan fingerprint density at radius 1 is 0.893 bits per heavy atom. The molecule has 0 saturated heterocycles. The lowest BCUT2D eigenvalue weighted by Gasteiger charge is -2.14. The van der Waals surface area contributed by atoms with E-state index in [0.717, 1.165) is 0 Å². The summed E-state index contributed by atoms with van der Waals surface area (Å²) >= 11 is 6.34. The Balaban J connectivity index is 2.08. The highest BCUT2D eigenvalue weighted by Crippen LogP contribution is 2.28. The quantitative estimate of drug-likeness (QED) is 0.504. The van der Waals surface area contributed by atoms with Crippen LogP contribution >= 0.6 is 11.6 Å². The largest absolute Gasteiger partial charge is 0.497 e. The van der Waals surface area contributed by atoms with Crippen molar-refractivity contribution in [2.45, 2.75) is 0 Å². The fourth-order valence-electron chi connectivity index (χ4n) is 3.10. The van der Waals surface area contributed by atoms with Crippen molar-refractivity contribution >= 4 is 22.6 Å². The van der Waals surface area contributed by atoms with E-state index in [9.17, 15) is 4.79 Å². The Bertz CT molecular complexity index is 1220. The Morgan fingerprint density at radius 2 is 1.57 bits per heavy atom. The van der Waals surface area contributed by atoms with Crippen LogP contribution in [0.25, 0.3) is 28.0 Å². The second kappa shape index (κ2) is 7.37. The number of aromatic nitrogens is 2. The van der Waals surface area contributed by atoms with Crippen molar-refractivity contribution in [1.29, 1.82) is 0 Å². The predicted octanol–water partition coefficient (Wildman–Crippen LogP) is 4.72. The van der Waals surface area contributed by atoms with E-state index in [1.54, 1.807) is 37.0 Å². The Morgan fingerprint density at radius 3 is 2.25 bits per heavy atom. The van der Waals surface area contributed by atoms with Gasteiger partial charge in [0, 0.05) is 17.3 Å². The van der Waals surface area contributed by atoms with Crippen molar-refractivity contribution in [2.75, 3.05) is 14.2 Å². The summed E-state index contributed by atoms with van der Waals surface area (Å²) in [6.45, 7) is 0. The van der Waals surface area contributed by atoms with Gasteiger partial charge in [-0.05, 0) is 42.5 Å². The van der Waals surface area contributed by atoms with Crippen molar-refractivity contribution in [1.82, 2.24) is 9.55 Å². The second-order valence-electron chi connectivity index (χ2n) is 6.13. The van der Waals surface area contributed by atoms with E-state index in [-0.39, 0.29) is 5.56 Å². The normalized spacial score (nSPS) is 10.8. The first-order chi connectivity index (χ1) is 13.6. The van der Waals surface area contributed by atoms with Crippen LogP contribution in [0.2, 0.25) is 5.02 Å². The van der Waals surface area contributed by atoms with Gasteiger partial charge in [-0.1, -0.05) is 29.8 Å². The first kappa shape index (κ1) is 18.1. The summed E-state index contributed by atoms with van der Waals surface area (Å²) in [7, 11) is 3.19. The second-order valence-corrected chi connectivity index (χ2v) is 6.54. The van der Waals surface area contributed by atoms with Crippen LogP contribution < -0.4 is 15.0 Å². The highest BCUT2D eigenvalue weighted by Gasteiger charge is 2.16. The van der Waals surface area contributed by atoms with Gasteiger partial charge in [-0.15, -0.1) is 0 Å². The summed E-state index contributed by atoms with van der Waals surface area (Å²) in [6.07, 6.45) is 0. The number of hydrogen-bond donors (Lipinski definition) is 0. The van der Waals surface area contributed by atoms with Crippen LogP contribution in [0, 0.1) is 0 Å². The maximum Gasteiger partial charge on any atom is 0.282 e. The number of ether oxygens (including phenoxy) is 2. The van der Waals surface area contributed by atoms with Crippen LogP contribution in [0.5, 0.6) is 11.5 Å². The molecule has 0 saturated carbocycles. The van der Waals surface area contributed by atoms with Gasteiger partial charge >= 0.3 is 0 Å². The van der Waals surface area contributed by atoms with E-state index in [4.69, 9.17) is 21.1 Å². The maximum atomic E-state index is 13.5. The standard InChI is InChI=1S/C22H17ClN2O3/c1-27-15-9-7-14(8-10-15)25-20-13-16(28-2)11-12-19(20)24-21(22(25)26)17-5-3-4-6-18(17)23/h3-13H,1-2H3. The van der Waals surface area contributed by atoms with Gasteiger partial charge in [-0.2, -0.15) is 0 Å². The molecule has 0 bridgehead atoms. The minimum absolute atomic E-state index is 0.265. The molecular formula is C22H17ClN2O3. The third kappa shape index (κ3) is 3.10.